The zero-order chi connectivity index (χ0) is 30.4. The van der Waals surface area contributed by atoms with Gasteiger partial charge in [0, 0.05) is 40.3 Å². The molecule has 2 aromatic carbocycles. The monoisotopic (exact) mass is 584 g/mol. The number of pyridine rings is 2. The number of rotatable bonds is 4. The highest BCUT2D eigenvalue weighted by atomic mass is 19.1. The number of nitro groups is 1. The smallest absolute Gasteiger partial charge is 0.343 e. The second kappa shape index (κ2) is 9.27. The molecule has 12 heteroatoms. The summed E-state index contributed by atoms with van der Waals surface area (Å²) in [7, 11) is 0. The predicted octanol–water partition coefficient (Wildman–Crippen LogP) is 3.85. The minimum absolute atomic E-state index is 0.00934. The number of amides is 1. The molecule has 11 nitrogen and oxygen atoms in total. The molecule has 0 radical (unpaired) electrons. The number of carbonyl (C=O) groups excluding carboxylic acids is 2. The second-order valence-corrected chi connectivity index (χ2v) is 11.2. The number of nitrogens with zero attached hydrogens (tertiary/aromatic N) is 3. The molecule has 0 fully saturated rings. The van der Waals surface area contributed by atoms with Gasteiger partial charge in [0.25, 0.3) is 17.2 Å². The summed E-state index contributed by atoms with van der Waals surface area (Å²) in [4.78, 5) is 55.2. The Morgan fingerprint density at radius 2 is 2.05 bits per heavy atom. The lowest BCUT2D eigenvalue weighted by Gasteiger charge is -2.31. The van der Waals surface area contributed by atoms with E-state index < -0.39 is 39.8 Å². The number of carbonyl (C=O) groups is 2. The zero-order valence-corrected chi connectivity index (χ0v) is 23.2. The SMILES string of the molecule is CC[C@@]1(O)C(=O)OCc2c1cc1n(c2=O)Cc2c-1nc1cc(F)c(C)c3c1c2[C@@H](NC(=O)c1cccc([N+](=O)[O-])c1)CC3. The van der Waals surface area contributed by atoms with Crippen LogP contribution in [0.15, 0.2) is 41.2 Å². The Bertz CT molecular complexity index is 2020. The first kappa shape index (κ1) is 26.9. The van der Waals surface area contributed by atoms with E-state index in [9.17, 15) is 29.6 Å². The zero-order valence-electron chi connectivity index (χ0n) is 23.2. The van der Waals surface area contributed by atoms with Crippen LogP contribution in [-0.2, 0) is 34.7 Å². The summed E-state index contributed by atoms with van der Waals surface area (Å²) in [5, 5.41) is 26.2. The Balaban J connectivity index is 1.43. The van der Waals surface area contributed by atoms with Crippen LogP contribution >= 0.6 is 0 Å². The fourth-order valence-electron chi connectivity index (χ4n) is 6.70. The number of cyclic esters (lactones) is 1. The van der Waals surface area contributed by atoms with Gasteiger partial charge in [0.15, 0.2) is 5.60 Å². The molecule has 1 amide bonds. The number of hydrogen-bond acceptors (Lipinski definition) is 8. The van der Waals surface area contributed by atoms with Crippen LogP contribution in [0.3, 0.4) is 0 Å². The van der Waals surface area contributed by atoms with E-state index in [1.165, 1.54) is 34.9 Å². The average molecular weight is 585 g/mol. The number of fused-ring (bicyclic) bond motifs is 5. The third kappa shape index (κ3) is 3.75. The van der Waals surface area contributed by atoms with Crippen LogP contribution < -0.4 is 10.9 Å². The predicted molar refractivity (Wildman–Crippen MR) is 151 cm³/mol. The Kier molecular flexibility index (Phi) is 5.80. The van der Waals surface area contributed by atoms with Crippen molar-refractivity contribution < 1.29 is 28.7 Å². The molecule has 0 saturated carbocycles. The molecule has 4 heterocycles. The average Bonchev–Trinajstić information content (AvgIpc) is 3.37. The van der Waals surface area contributed by atoms with Gasteiger partial charge in [-0.25, -0.2) is 14.2 Å². The summed E-state index contributed by atoms with van der Waals surface area (Å²) in [5.74, 6) is -1.77. The Hall–Kier alpha value is -4.97. The highest BCUT2D eigenvalue weighted by Crippen LogP contribution is 2.46. The van der Waals surface area contributed by atoms with Gasteiger partial charge in [0.2, 0.25) is 0 Å². The van der Waals surface area contributed by atoms with Gasteiger partial charge in [0.1, 0.15) is 12.4 Å². The third-order valence-electron chi connectivity index (χ3n) is 9.00. The van der Waals surface area contributed by atoms with Gasteiger partial charge in [0.05, 0.1) is 40.0 Å². The van der Waals surface area contributed by atoms with Gasteiger partial charge >= 0.3 is 5.97 Å². The number of aryl methyl sites for hydroxylation is 1. The number of ether oxygens (including phenoxy) is 1. The molecule has 43 heavy (non-hydrogen) atoms. The second-order valence-electron chi connectivity index (χ2n) is 11.2. The lowest BCUT2D eigenvalue weighted by molar-refractivity contribution is -0.384. The summed E-state index contributed by atoms with van der Waals surface area (Å²) in [6, 6.07) is 7.79. The van der Waals surface area contributed by atoms with Gasteiger partial charge in [-0.05, 0) is 55.0 Å². The van der Waals surface area contributed by atoms with Crippen LogP contribution in [0.25, 0.3) is 22.3 Å². The van der Waals surface area contributed by atoms with Crippen molar-refractivity contribution >= 4 is 28.5 Å². The van der Waals surface area contributed by atoms with Crippen molar-refractivity contribution in [2.45, 2.75) is 57.9 Å². The quantitative estimate of drug-likeness (QED) is 0.183. The number of nitro benzene ring substituents is 1. The molecule has 2 atom stereocenters. The number of esters is 1. The molecule has 2 aromatic heterocycles. The first-order valence-electron chi connectivity index (χ1n) is 13.9. The Morgan fingerprint density at radius 1 is 1.26 bits per heavy atom. The minimum Gasteiger partial charge on any atom is -0.458 e. The maximum atomic E-state index is 15.1. The summed E-state index contributed by atoms with van der Waals surface area (Å²) in [6.45, 7) is 3.14. The van der Waals surface area contributed by atoms with Gasteiger partial charge in [-0.1, -0.05) is 13.0 Å². The molecule has 2 aliphatic heterocycles. The molecule has 7 rings (SSSR count). The van der Waals surface area contributed by atoms with Crippen LogP contribution in [0, 0.1) is 22.9 Å². The Morgan fingerprint density at radius 3 is 2.79 bits per heavy atom. The van der Waals surface area contributed by atoms with Crippen LogP contribution in [-0.4, -0.2) is 31.5 Å². The minimum atomic E-state index is -2.00. The van der Waals surface area contributed by atoms with Gasteiger partial charge in [-0.2, -0.15) is 0 Å². The molecule has 0 spiro atoms. The van der Waals surface area contributed by atoms with E-state index in [1.807, 2.05) is 0 Å². The van der Waals surface area contributed by atoms with Crippen LogP contribution in [0.5, 0.6) is 0 Å². The van der Waals surface area contributed by atoms with Crippen molar-refractivity contribution in [1.29, 1.82) is 0 Å². The first-order valence-corrected chi connectivity index (χ1v) is 13.9. The number of non-ortho nitro benzene ring substituents is 1. The molecule has 0 unspecified atom stereocenters. The van der Waals surface area contributed by atoms with Crippen LogP contribution in [0.2, 0.25) is 0 Å². The van der Waals surface area contributed by atoms with Crippen LogP contribution in [0.4, 0.5) is 10.1 Å². The summed E-state index contributed by atoms with van der Waals surface area (Å²) >= 11 is 0. The standard InChI is InChI=1S/C31H25FN4O7/c1-3-31(40)20-10-24-27-18(12-35(24)29(38)19(20)13-43-30(31)39)26-22(34-28(37)15-5-4-6-16(9-15)36(41)42)8-7-17-14(2)21(32)11-23(33-27)25(17)26/h4-6,9-11,22,40H,3,7-8,12-13H2,1-2H3,(H,34,37)/t22-,31-/m0/s1. The maximum absolute atomic E-state index is 15.1. The third-order valence-corrected chi connectivity index (χ3v) is 9.00. The summed E-state index contributed by atoms with van der Waals surface area (Å²) in [6.07, 6.45) is 0.866. The van der Waals surface area contributed by atoms with Crippen molar-refractivity contribution in [3.63, 3.8) is 0 Å². The molecule has 1 aliphatic carbocycles. The molecule has 4 aromatic rings. The van der Waals surface area contributed by atoms with Crippen LogP contribution in [0.1, 0.15) is 69.5 Å². The van der Waals surface area contributed by atoms with E-state index >= 15 is 4.39 Å². The van der Waals surface area contributed by atoms with Crippen molar-refractivity contribution in [2.75, 3.05) is 0 Å². The van der Waals surface area contributed by atoms with Gasteiger partial charge in [-0.3, -0.25) is 19.7 Å². The number of hydrogen-bond donors (Lipinski definition) is 2. The van der Waals surface area contributed by atoms with E-state index in [-0.39, 0.29) is 42.0 Å². The molecule has 0 saturated heterocycles. The summed E-state index contributed by atoms with van der Waals surface area (Å²) in [5.41, 5.74) is 1.53. The number of nitrogens with one attached hydrogen (secondary N) is 1. The largest absolute Gasteiger partial charge is 0.458 e. The fourth-order valence-corrected chi connectivity index (χ4v) is 6.70. The number of halogens is 1. The molecular formula is C31H25FN4O7. The Labute approximate surface area is 243 Å². The van der Waals surface area contributed by atoms with E-state index in [0.717, 1.165) is 5.56 Å². The van der Waals surface area contributed by atoms with Crippen molar-refractivity contribution in [2.24, 2.45) is 0 Å². The van der Waals surface area contributed by atoms with E-state index in [0.29, 0.717) is 51.8 Å². The van der Waals surface area contributed by atoms with E-state index in [4.69, 9.17) is 9.72 Å². The normalized spacial score (nSPS) is 19.8. The topological polar surface area (TPSA) is 154 Å². The molecule has 3 aliphatic rings. The number of aliphatic hydroxyl groups is 1. The lowest BCUT2D eigenvalue weighted by Crippen LogP contribution is -2.44. The van der Waals surface area contributed by atoms with Gasteiger partial charge < -0.3 is 19.7 Å². The van der Waals surface area contributed by atoms with E-state index in [2.05, 4.69) is 5.32 Å². The lowest BCUT2D eigenvalue weighted by atomic mass is 9.81. The molecular weight excluding hydrogens is 559 g/mol. The highest BCUT2D eigenvalue weighted by molar-refractivity contribution is 5.97. The first-order chi connectivity index (χ1) is 20.5. The highest BCUT2D eigenvalue weighted by Gasteiger charge is 2.46. The maximum Gasteiger partial charge on any atom is 0.343 e. The molecule has 218 valence electrons. The van der Waals surface area contributed by atoms with Crippen molar-refractivity contribution in [1.82, 2.24) is 14.9 Å². The van der Waals surface area contributed by atoms with Gasteiger partial charge in [-0.15, -0.1) is 0 Å². The fraction of sp³-hybridized carbons (Fsp3) is 0.290. The van der Waals surface area contributed by atoms with Crippen molar-refractivity contribution in [3.05, 3.63) is 102 Å². The number of aromatic nitrogens is 2. The van der Waals surface area contributed by atoms with Crippen molar-refractivity contribution in [3.8, 4) is 11.4 Å². The molecule has 2 N–H and O–H groups in total. The van der Waals surface area contributed by atoms with E-state index in [1.54, 1.807) is 19.9 Å². The number of benzene rings is 2. The molecule has 0 bridgehead atoms. The summed E-state index contributed by atoms with van der Waals surface area (Å²) < 4.78 is 21.8.